The number of alkyl halides is 3. The van der Waals surface area contributed by atoms with Crippen molar-refractivity contribution in [3.8, 4) is 0 Å². The number of halogens is 3. The summed E-state index contributed by atoms with van der Waals surface area (Å²) in [5.41, 5.74) is 1.09. The lowest BCUT2D eigenvalue weighted by Gasteiger charge is -2.32. The molecule has 2 unspecified atom stereocenters. The van der Waals surface area contributed by atoms with Crippen LogP contribution in [0.4, 0.5) is 13.2 Å². The Kier molecular flexibility index (Phi) is 3.72. The minimum atomic E-state index is -4.12. The minimum absolute atomic E-state index is 0.0576. The number of piperidine rings is 1. The van der Waals surface area contributed by atoms with Crippen LogP contribution >= 0.6 is 0 Å². The largest absolute Gasteiger partial charge is 0.403 e. The van der Waals surface area contributed by atoms with Crippen LogP contribution in [0, 0.1) is 0 Å². The van der Waals surface area contributed by atoms with Crippen LogP contribution in [0.15, 0.2) is 30.3 Å². The van der Waals surface area contributed by atoms with Gasteiger partial charge in [0.15, 0.2) is 0 Å². The van der Waals surface area contributed by atoms with Crippen molar-refractivity contribution >= 4 is 0 Å². The average Bonchev–Trinajstić information content (AvgIpc) is 2.29. The van der Waals surface area contributed by atoms with Crippen molar-refractivity contribution < 1.29 is 13.2 Å². The molecule has 94 valence electrons. The minimum Gasteiger partial charge on any atom is -0.303 e. The fourth-order valence-corrected chi connectivity index (χ4v) is 2.34. The third kappa shape index (κ3) is 3.46. The van der Waals surface area contributed by atoms with Crippen molar-refractivity contribution in [2.24, 2.45) is 0 Å². The molecule has 0 saturated carbocycles. The second-order valence-electron chi connectivity index (χ2n) is 4.58. The SMILES string of the molecule is FC(F)(F)C1CCCC(Cc2ccccc2)N1. The van der Waals surface area contributed by atoms with Crippen LogP contribution in [0.5, 0.6) is 0 Å². The summed E-state index contributed by atoms with van der Waals surface area (Å²) in [7, 11) is 0. The summed E-state index contributed by atoms with van der Waals surface area (Å²) >= 11 is 0. The Balaban J connectivity index is 1.94. The average molecular weight is 243 g/mol. The van der Waals surface area contributed by atoms with Gasteiger partial charge in [0.05, 0.1) is 0 Å². The number of hydrogen-bond donors (Lipinski definition) is 1. The molecule has 1 aliphatic rings. The van der Waals surface area contributed by atoms with Gasteiger partial charge in [-0.3, -0.25) is 0 Å². The van der Waals surface area contributed by atoms with E-state index in [-0.39, 0.29) is 12.5 Å². The Morgan fingerprint density at radius 3 is 2.47 bits per heavy atom. The normalized spacial score (nSPS) is 25.8. The Labute approximate surface area is 99.0 Å². The fourth-order valence-electron chi connectivity index (χ4n) is 2.34. The van der Waals surface area contributed by atoms with Crippen molar-refractivity contribution in [2.75, 3.05) is 0 Å². The molecule has 1 aromatic rings. The second kappa shape index (κ2) is 5.08. The van der Waals surface area contributed by atoms with E-state index in [0.717, 1.165) is 12.0 Å². The van der Waals surface area contributed by atoms with E-state index in [9.17, 15) is 13.2 Å². The molecule has 4 heteroatoms. The Morgan fingerprint density at radius 2 is 1.82 bits per heavy atom. The van der Waals surface area contributed by atoms with Crippen LogP contribution in [0.25, 0.3) is 0 Å². The van der Waals surface area contributed by atoms with E-state index in [0.29, 0.717) is 12.8 Å². The van der Waals surface area contributed by atoms with Gasteiger partial charge in [-0.2, -0.15) is 13.2 Å². The van der Waals surface area contributed by atoms with Crippen LogP contribution in [0.3, 0.4) is 0 Å². The molecular formula is C13H16F3N. The van der Waals surface area contributed by atoms with Crippen molar-refractivity contribution in [2.45, 2.75) is 43.9 Å². The molecule has 0 spiro atoms. The molecule has 0 aliphatic carbocycles. The molecule has 1 aliphatic heterocycles. The molecule has 1 nitrogen and oxygen atoms in total. The summed E-state index contributed by atoms with van der Waals surface area (Å²) < 4.78 is 37.8. The van der Waals surface area contributed by atoms with Gasteiger partial charge in [-0.1, -0.05) is 30.3 Å². The van der Waals surface area contributed by atoms with Gasteiger partial charge >= 0.3 is 6.18 Å². The zero-order chi connectivity index (χ0) is 12.3. The first-order valence-electron chi connectivity index (χ1n) is 5.92. The lowest BCUT2D eigenvalue weighted by atomic mass is 9.93. The van der Waals surface area contributed by atoms with E-state index in [4.69, 9.17) is 0 Å². The lowest BCUT2D eigenvalue weighted by molar-refractivity contribution is -0.163. The van der Waals surface area contributed by atoms with Crippen LogP contribution in [-0.4, -0.2) is 18.3 Å². The molecule has 1 aromatic carbocycles. The smallest absolute Gasteiger partial charge is 0.303 e. The van der Waals surface area contributed by atoms with Crippen molar-refractivity contribution in [1.82, 2.24) is 5.32 Å². The van der Waals surface area contributed by atoms with Crippen molar-refractivity contribution in [3.05, 3.63) is 35.9 Å². The fraction of sp³-hybridized carbons (Fsp3) is 0.538. The number of benzene rings is 1. The van der Waals surface area contributed by atoms with Gasteiger partial charge < -0.3 is 5.32 Å². The van der Waals surface area contributed by atoms with Gasteiger partial charge in [0.2, 0.25) is 0 Å². The maximum Gasteiger partial charge on any atom is 0.403 e. The number of rotatable bonds is 2. The summed E-state index contributed by atoms with van der Waals surface area (Å²) in [6.07, 6.45) is -1.77. The molecule has 1 N–H and O–H groups in total. The zero-order valence-corrected chi connectivity index (χ0v) is 9.50. The molecule has 0 aromatic heterocycles. The van der Waals surface area contributed by atoms with E-state index in [1.54, 1.807) is 0 Å². The summed E-state index contributed by atoms with van der Waals surface area (Å²) in [6.45, 7) is 0. The predicted octanol–water partition coefficient (Wildman–Crippen LogP) is 3.30. The van der Waals surface area contributed by atoms with Gasteiger partial charge in [0.1, 0.15) is 6.04 Å². The van der Waals surface area contributed by atoms with Crippen LogP contribution in [0.1, 0.15) is 24.8 Å². The maximum atomic E-state index is 12.6. The van der Waals surface area contributed by atoms with Gasteiger partial charge in [-0.15, -0.1) is 0 Å². The van der Waals surface area contributed by atoms with Crippen molar-refractivity contribution in [1.29, 1.82) is 0 Å². The first kappa shape index (κ1) is 12.4. The zero-order valence-electron chi connectivity index (χ0n) is 9.50. The maximum absolute atomic E-state index is 12.6. The van der Waals surface area contributed by atoms with Crippen LogP contribution < -0.4 is 5.32 Å². The van der Waals surface area contributed by atoms with E-state index < -0.39 is 12.2 Å². The van der Waals surface area contributed by atoms with E-state index in [1.165, 1.54) is 0 Å². The monoisotopic (exact) mass is 243 g/mol. The van der Waals surface area contributed by atoms with Gasteiger partial charge in [0.25, 0.3) is 0 Å². The summed E-state index contributed by atoms with van der Waals surface area (Å²) in [5.74, 6) is 0. The Bertz CT molecular complexity index is 347. The molecule has 1 fully saturated rings. The second-order valence-corrected chi connectivity index (χ2v) is 4.58. The topological polar surface area (TPSA) is 12.0 Å². The molecule has 0 bridgehead atoms. The van der Waals surface area contributed by atoms with Crippen LogP contribution in [-0.2, 0) is 6.42 Å². The highest BCUT2D eigenvalue weighted by Crippen LogP contribution is 2.28. The summed E-state index contributed by atoms with van der Waals surface area (Å²) in [6, 6.07) is 8.27. The highest BCUT2D eigenvalue weighted by molar-refractivity contribution is 5.16. The van der Waals surface area contributed by atoms with Crippen LogP contribution in [0.2, 0.25) is 0 Å². The van der Waals surface area contributed by atoms with Gasteiger partial charge in [0, 0.05) is 6.04 Å². The first-order valence-corrected chi connectivity index (χ1v) is 5.92. The molecule has 1 saturated heterocycles. The highest BCUT2D eigenvalue weighted by atomic mass is 19.4. The Hall–Kier alpha value is -1.03. The number of hydrogen-bond acceptors (Lipinski definition) is 1. The molecule has 0 radical (unpaired) electrons. The third-order valence-corrected chi connectivity index (χ3v) is 3.20. The van der Waals surface area contributed by atoms with Gasteiger partial charge in [-0.25, -0.2) is 0 Å². The summed E-state index contributed by atoms with van der Waals surface area (Å²) in [5, 5.41) is 2.72. The molecule has 0 amide bonds. The number of nitrogens with one attached hydrogen (secondary N) is 1. The summed E-state index contributed by atoms with van der Waals surface area (Å²) in [4.78, 5) is 0. The van der Waals surface area contributed by atoms with Crippen molar-refractivity contribution in [3.63, 3.8) is 0 Å². The third-order valence-electron chi connectivity index (χ3n) is 3.20. The Morgan fingerprint density at radius 1 is 1.12 bits per heavy atom. The first-order chi connectivity index (χ1) is 8.05. The predicted molar refractivity (Wildman–Crippen MR) is 60.8 cm³/mol. The molecule has 2 rings (SSSR count). The standard InChI is InChI=1S/C13H16F3N/c14-13(15,16)12-8-4-7-11(17-12)9-10-5-2-1-3-6-10/h1-3,5-6,11-12,17H,4,7-9H2. The molecular weight excluding hydrogens is 227 g/mol. The highest BCUT2D eigenvalue weighted by Gasteiger charge is 2.41. The van der Waals surface area contributed by atoms with Gasteiger partial charge in [-0.05, 0) is 31.2 Å². The molecule has 17 heavy (non-hydrogen) atoms. The quantitative estimate of drug-likeness (QED) is 0.840. The lowest BCUT2D eigenvalue weighted by Crippen LogP contribution is -2.50. The molecule has 1 heterocycles. The van der Waals surface area contributed by atoms with E-state index in [2.05, 4.69) is 5.32 Å². The van der Waals surface area contributed by atoms with E-state index >= 15 is 0 Å². The van der Waals surface area contributed by atoms with E-state index in [1.807, 2.05) is 30.3 Å². The molecule has 2 atom stereocenters.